The standard InChI is InChI=1S/C29H36N2O5S/c1-22-8-11-24(12-9-22)21-36-28(25-6-5-7-26(19-25)34-3)20-30-14-16-31(17-15-30)37(32,33)29-18-23(2)10-13-27(29)35-4/h5-13,18-19,28H,14-17,20-21H2,1-4H3/t28-/m1/s1. The summed E-state index contributed by atoms with van der Waals surface area (Å²) in [5.41, 5.74) is 4.24. The lowest BCUT2D eigenvalue weighted by atomic mass is 10.1. The molecule has 1 atom stereocenters. The number of rotatable bonds is 10. The van der Waals surface area contributed by atoms with E-state index in [4.69, 9.17) is 14.2 Å². The van der Waals surface area contributed by atoms with Crippen molar-refractivity contribution in [1.82, 2.24) is 9.21 Å². The molecule has 0 amide bonds. The van der Waals surface area contributed by atoms with Crippen LogP contribution in [-0.2, 0) is 21.4 Å². The molecule has 198 valence electrons. The molecule has 0 N–H and O–H groups in total. The molecule has 0 saturated carbocycles. The van der Waals surface area contributed by atoms with Crippen LogP contribution < -0.4 is 9.47 Å². The summed E-state index contributed by atoms with van der Waals surface area (Å²) in [5, 5.41) is 0. The maximum absolute atomic E-state index is 13.4. The highest BCUT2D eigenvalue weighted by Crippen LogP contribution is 2.29. The van der Waals surface area contributed by atoms with Crippen molar-refractivity contribution in [3.8, 4) is 11.5 Å². The van der Waals surface area contributed by atoms with E-state index in [2.05, 4.69) is 36.1 Å². The van der Waals surface area contributed by atoms with Crippen LogP contribution in [0.25, 0.3) is 0 Å². The molecule has 1 aliphatic rings. The third-order valence-electron chi connectivity index (χ3n) is 6.73. The summed E-state index contributed by atoms with van der Waals surface area (Å²) in [6, 6.07) is 21.5. The van der Waals surface area contributed by atoms with Crippen LogP contribution in [0.15, 0.2) is 71.6 Å². The first-order valence-electron chi connectivity index (χ1n) is 12.5. The van der Waals surface area contributed by atoms with Gasteiger partial charge in [-0.25, -0.2) is 8.42 Å². The van der Waals surface area contributed by atoms with Crippen molar-refractivity contribution < 1.29 is 22.6 Å². The quantitative estimate of drug-likeness (QED) is 0.387. The van der Waals surface area contributed by atoms with E-state index in [0.29, 0.717) is 45.1 Å². The molecule has 0 unspecified atom stereocenters. The molecule has 3 aromatic rings. The average molecular weight is 525 g/mol. The van der Waals surface area contributed by atoms with Crippen molar-refractivity contribution in [3.63, 3.8) is 0 Å². The Morgan fingerprint density at radius 1 is 0.838 bits per heavy atom. The van der Waals surface area contributed by atoms with E-state index >= 15 is 0 Å². The van der Waals surface area contributed by atoms with Crippen LogP contribution in [0.1, 0.15) is 28.4 Å². The van der Waals surface area contributed by atoms with E-state index in [0.717, 1.165) is 22.4 Å². The molecule has 0 spiro atoms. The second kappa shape index (κ2) is 12.1. The fourth-order valence-electron chi connectivity index (χ4n) is 4.49. The topological polar surface area (TPSA) is 68.3 Å². The highest BCUT2D eigenvalue weighted by molar-refractivity contribution is 7.89. The van der Waals surface area contributed by atoms with Gasteiger partial charge in [-0.1, -0.05) is 48.0 Å². The van der Waals surface area contributed by atoms with Crippen molar-refractivity contribution in [3.05, 3.63) is 89.0 Å². The maximum atomic E-state index is 13.4. The second-order valence-electron chi connectivity index (χ2n) is 9.42. The predicted molar refractivity (Wildman–Crippen MR) is 145 cm³/mol. The van der Waals surface area contributed by atoms with E-state index in [1.807, 2.05) is 37.3 Å². The predicted octanol–water partition coefficient (Wildman–Crippen LogP) is 4.59. The minimum atomic E-state index is -3.66. The van der Waals surface area contributed by atoms with Crippen LogP contribution >= 0.6 is 0 Å². The maximum Gasteiger partial charge on any atom is 0.246 e. The van der Waals surface area contributed by atoms with Crippen LogP contribution in [-0.4, -0.2) is 64.6 Å². The fourth-order valence-corrected chi connectivity index (χ4v) is 6.15. The third-order valence-corrected chi connectivity index (χ3v) is 8.65. The number of nitrogens with zero attached hydrogens (tertiary/aromatic N) is 2. The SMILES string of the molecule is COc1cccc([C@@H](CN2CCN(S(=O)(=O)c3cc(C)ccc3OC)CC2)OCc2ccc(C)cc2)c1. The van der Waals surface area contributed by atoms with Crippen molar-refractivity contribution in [2.45, 2.75) is 31.5 Å². The highest BCUT2D eigenvalue weighted by Gasteiger charge is 2.32. The highest BCUT2D eigenvalue weighted by atomic mass is 32.2. The fraction of sp³-hybridized carbons (Fsp3) is 0.379. The molecule has 1 saturated heterocycles. The largest absolute Gasteiger partial charge is 0.497 e. The molecule has 0 aliphatic carbocycles. The zero-order chi connectivity index (χ0) is 26.4. The van der Waals surface area contributed by atoms with Crippen molar-refractivity contribution >= 4 is 10.0 Å². The summed E-state index contributed by atoms with van der Waals surface area (Å²) < 4.78 is 45.6. The second-order valence-corrected chi connectivity index (χ2v) is 11.3. The molecule has 4 rings (SSSR count). The van der Waals surface area contributed by atoms with Crippen molar-refractivity contribution in [2.24, 2.45) is 0 Å². The molecule has 7 nitrogen and oxygen atoms in total. The summed E-state index contributed by atoms with van der Waals surface area (Å²) in [5.74, 6) is 1.15. The van der Waals surface area contributed by atoms with Crippen LogP contribution in [0.2, 0.25) is 0 Å². The van der Waals surface area contributed by atoms with Crippen molar-refractivity contribution in [2.75, 3.05) is 46.9 Å². The first-order valence-corrected chi connectivity index (χ1v) is 13.9. The molecule has 0 radical (unpaired) electrons. The molecule has 0 aromatic heterocycles. The van der Waals surface area contributed by atoms with Crippen molar-refractivity contribution in [1.29, 1.82) is 0 Å². The van der Waals surface area contributed by atoms with E-state index in [-0.39, 0.29) is 11.0 Å². The summed E-state index contributed by atoms with van der Waals surface area (Å²) in [6.45, 7) is 7.13. The Hall–Kier alpha value is -2.91. The van der Waals surface area contributed by atoms with Gasteiger partial charge in [0, 0.05) is 32.7 Å². The van der Waals surface area contributed by atoms with E-state index in [9.17, 15) is 8.42 Å². The minimum Gasteiger partial charge on any atom is -0.497 e. The first-order chi connectivity index (χ1) is 17.8. The summed E-state index contributed by atoms with van der Waals surface area (Å²) in [7, 11) is -0.502. The Morgan fingerprint density at radius 2 is 1.54 bits per heavy atom. The minimum absolute atomic E-state index is 0.184. The van der Waals surface area contributed by atoms with Gasteiger partial charge in [0.1, 0.15) is 16.4 Å². The zero-order valence-corrected chi connectivity index (χ0v) is 22.8. The monoisotopic (exact) mass is 524 g/mol. The molecule has 8 heteroatoms. The van der Waals surface area contributed by atoms with Gasteiger partial charge < -0.3 is 14.2 Å². The molecular weight excluding hydrogens is 488 g/mol. The lowest BCUT2D eigenvalue weighted by Gasteiger charge is -2.36. The lowest BCUT2D eigenvalue weighted by Crippen LogP contribution is -2.49. The first kappa shape index (κ1) is 27.1. The molecule has 1 heterocycles. The Bertz CT molecular complexity index is 1290. The van der Waals surface area contributed by atoms with E-state index < -0.39 is 10.0 Å². The number of hydrogen-bond donors (Lipinski definition) is 0. The Labute approximate surface area is 220 Å². The Morgan fingerprint density at radius 3 is 2.22 bits per heavy atom. The van der Waals surface area contributed by atoms with Gasteiger partial charge in [0.25, 0.3) is 0 Å². The van der Waals surface area contributed by atoms with Gasteiger partial charge in [-0.2, -0.15) is 4.31 Å². The van der Waals surface area contributed by atoms with E-state index in [1.54, 1.807) is 23.5 Å². The number of ether oxygens (including phenoxy) is 3. The van der Waals surface area contributed by atoms with Crippen LogP contribution in [0.3, 0.4) is 0 Å². The molecule has 1 aliphatic heterocycles. The number of sulfonamides is 1. The lowest BCUT2D eigenvalue weighted by molar-refractivity contribution is 0.00762. The van der Waals surface area contributed by atoms with Crippen LogP contribution in [0, 0.1) is 13.8 Å². The number of piperazine rings is 1. The van der Waals surface area contributed by atoms with Gasteiger partial charge in [-0.05, 0) is 54.8 Å². The smallest absolute Gasteiger partial charge is 0.246 e. The number of aryl methyl sites for hydroxylation is 2. The van der Waals surface area contributed by atoms with Gasteiger partial charge in [0.05, 0.1) is 26.9 Å². The van der Waals surface area contributed by atoms with Gasteiger partial charge in [-0.3, -0.25) is 4.90 Å². The number of methoxy groups -OCH3 is 2. The van der Waals surface area contributed by atoms with Gasteiger partial charge in [0.2, 0.25) is 10.0 Å². The zero-order valence-electron chi connectivity index (χ0n) is 22.0. The molecular formula is C29H36N2O5S. The average Bonchev–Trinajstić information content (AvgIpc) is 2.92. The van der Waals surface area contributed by atoms with E-state index in [1.165, 1.54) is 12.7 Å². The molecule has 1 fully saturated rings. The Kier molecular flexibility index (Phi) is 8.87. The number of hydrogen-bond acceptors (Lipinski definition) is 6. The molecule has 3 aromatic carbocycles. The van der Waals surface area contributed by atoms with Gasteiger partial charge in [-0.15, -0.1) is 0 Å². The van der Waals surface area contributed by atoms with Gasteiger partial charge >= 0.3 is 0 Å². The molecule has 37 heavy (non-hydrogen) atoms. The summed E-state index contributed by atoms with van der Waals surface area (Å²) >= 11 is 0. The normalized spacial score (nSPS) is 15.9. The Balaban J connectivity index is 1.45. The van der Waals surface area contributed by atoms with Gasteiger partial charge in [0.15, 0.2) is 0 Å². The third kappa shape index (κ3) is 6.70. The summed E-state index contributed by atoms with van der Waals surface area (Å²) in [6.07, 6.45) is -0.184. The summed E-state index contributed by atoms with van der Waals surface area (Å²) in [4.78, 5) is 2.48. The van der Waals surface area contributed by atoms with Crippen LogP contribution in [0.5, 0.6) is 11.5 Å². The van der Waals surface area contributed by atoms with Crippen LogP contribution in [0.4, 0.5) is 0 Å². The number of benzene rings is 3. The molecule has 0 bridgehead atoms.